The van der Waals surface area contributed by atoms with Crippen LogP contribution in [0.15, 0.2) is 24.3 Å². The molecule has 0 heterocycles. The Morgan fingerprint density at radius 3 is 2.12 bits per heavy atom. The van der Waals surface area contributed by atoms with Crippen LogP contribution in [0.5, 0.6) is 0 Å². The van der Waals surface area contributed by atoms with Gasteiger partial charge in [-0.1, -0.05) is 36.8 Å². The zero-order valence-electron chi connectivity index (χ0n) is 10.9. The normalized spacial score (nSPS) is 10.1. The molecule has 0 saturated heterocycles. The van der Waals surface area contributed by atoms with Crippen molar-refractivity contribution in [2.24, 2.45) is 0 Å². The van der Waals surface area contributed by atoms with Crippen LogP contribution in [0.1, 0.15) is 31.4 Å². The van der Waals surface area contributed by atoms with Crippen molar-refractivity contribution >= 4 is 11.7 Å². The van der Waals surface area contributed by atoms with Crippen molar-refractivity contribution in [3.05, 3.63) is 35.4 Å². The fourth-order valence-corrected chi connectivity index (χ4v) is 1.73. The van der Waals surface area contributed by atoms with Gasteiger partial charge in [-0.15, -0.1) is 0 Å². The molecule has 0 unspecified atom stereocenters. The molecule has 0 amide bonds. The summed E-state index contributed by atoms with van der Waals surface area (Å²) >= 11 is 0. The number of amidine groups is 2. The van der Waals surface area contributed by atoms with E-state index in [1.165, 1.54) is 5.56 Å². The maximum absolute atomic E-state index is 8.06. The molecule has 2 N–H and O–H groups in total. The van der Waals surface area contributed by atoms with E-state index in [4.69, 9.17) is 10.8 Å². The summed E-state index contributed by atoms with van der Waals surface area (Å²) in [4.78, 5) is 1.76. The molecule has 0 spiro atoms. The van der Waals surface area contributed by atoms with Gasteiger partial charge in [0.1, 0.15) is 11.7 Å². The number of nitrogens with zero attached hydrogens (tertiary/aromatic N) is 1. The highest BCUT2D eigenvalue weighted by Gasteiger charge is 2.11. The van der Waals surface area contributed by atoms with Crippen molar-refractivity contribution in [1.29, 1.82) is 10.8 Å². The highest BCUT2D eigenvalue weighted by Crippen LogP contribution is 2.07. The predicted molar refractivity (Wildman–Crippen MR) is 73.0 cm³/mol. The summed E-state index contributed by atoms with van der Waals surface area (Å²) in [6.45, 7) is 6.68. The Labute approximate surface area is 103 Å². The van der Waals surface area contributed by atoms with E-state index in [0.29, 0.717) is 31.1 Å². The average molecular weight is 231 g/mol. The van der Waals surface area contributed by atoms with Crippen molar-refractivity contribution < 1.29 is 0 Å². The Hall–Kier alpha value is -1.64. The number of benzene rings is 1. The predicted octanol–water partition coefficient (Wildman–Crippen LogP) is 3.22. The van der Waals surface area contributed by atoms with Gasteiger partial charge in [-0.3, -0.25) is 10.8 Å². The number of aryl methyl sites for hydroxylation is 1. The van der Waals surface area contributed by atoms with Gasteiger partial charge in [0, 0.05) is 19.4 Å². The van der Waals surface area contributed by atoms with Crippen LogP contribution in [0.2, 0.25) is 0 Å². The van der Waals surface area contributed by atoms with Crippen LogP contribution in [0.4, 0.5) is 0 Å². The van der Waals surface area contributed by atoms with Crippen LogP contribution in [-0.4, -0.2) is 23.1 Å². The van der Waals surface area contributed by atoms with Crippen LogP contribution in [0.25, 0.3) is 0 Å². The van der Waals surface area contributed by atoms with E-state index in [1.54, 1.807) is 4.90 Å². The molecular weight excluding hydrogens is 210 g/mol. The maximum Gasteiger partial charge on any atom is 0.106 e. The number of likely N-dealkylation sites (N-methyl/N-ethyl adjacent to an activating group) is 1. The second kappa shape index (κ2) is 6.18. The molecule has 1 aromatic carbocycles. The maximum atomic E-state index is 8.06. The smallest absolute Gasteiger partial charge is 0.106 e. The lowest BCUT2D eigenvalue weighted by Crippen LogP contribution is -2.36. The van der Waals surface area contributed by atoms with Gasteiger partial charge < -0.3 is 4.90 Å². The minimum atomic E-state index is 0.503. The number of hydrogen-bond acceptors (Lipinski definition) is 2. The molecule has 3 nitrogen and oxygen atoms in total. The summed E-state index contributed by atoms with van der Waals surface area (Å²) in [5.74, 6) is 1.02. The molecule has 17 heavy (non-hydrogen) atoms. The summed E-state index contributed by atoms with van der Waals surface area (Å²) in [6, 6.07) is 8.22. The standard InChI is InChI=1S/C14H21N3/c1-4-13(15)17(5-2)14(16)10-12-8-6-11(3)7-9-12/h6-9,15-16H,4-5,10H2,1-3H3. The van der Waals surface area contributed by atoms with Crippen molar-refractivity contribution in [3.8, 4) is 0 Å². The van der Waals surface area contributed by atoms with Gasteiger partial charge >= 0.3 is 0 Å². The van der Waals surface area contributed by atoms with Gasteiger partial charge in [0.2, 0.25) is 0 Å². The minimum Gasteiger partial charge on any atom is -0.319 e. The van der Waals surface area contributed by atoms with Gasteiger partial charge in [0.15, 0.2) is 0 Å². The quantitative estimate of drug-likeness (QED) is 0.606. The Morgan fingerprint density at radius 2 is 1.65 bits per heavy atom. The zero-order chi connectivity index (χ0) is 12.8. The summed E-state index contributed by atoms with van der Waals surface area (Å²) in [5, 5.41) is 15.9. The summed E-state index contributed by atoms with van der Waals surface area (Å²) < 4.78 is 0. The highest BCUT2D eigenvalue weighted by molar-refractivity contribution is 5.98. The molecule has 0 fully saturated rings. The first-order valence-corrected chi connectivity index (χ1v) is 6.06. The third-order valence-corrected chi connectivity index (χ3v) is 2.79. The first-order chi connectivity index (χ1) is 8.08. The van der Waals surface area contributed by atoms with Crippen molar-refractivity contribution in [2.75, 3.05) is 6.54 Å². The lowest BCUT2D eigenvalue weighted by atomic mass is 10.1. The van der Waals surface area contributed by atoms with Crippen LogP contribution in [0.3, 0.4) is 0 Å². The van der Waals surface area contributed by atoms with E-state index in [2.05, 4.69) is 19.1 Å². The molecule has 1 aromatic rings. The van der Waals surface area contributed by atoms with Crippen LogP contribution >= 0.6 is 0 Å². The second-order valence-electron chi connectivity index (χ2n) is 4.15. The Kier molecular flexibility index (Phi) is 4.88. The SMILES string of the molecule is CCC(=N)N(CC)C(=N)Cc1ccc(C)cc1. The molecule has 0 aliphatic rings. The fraction of sp³-hybridized carbons (Fsp3) is 0.429. The molecular formula is C14H21N3. The summed E-state index contributed by atoms with van der Waals surface area (Å²) in [6.07, 6.45) is 1.26. The lowest BCUT2D eigenvalue weighted by Gasteiger charge is -2.23. The summed E-state index contributed by atoms with van der Waals surface area (Å²) in [5.41, 5.74) is 2.36. The molecule has 3 heteroatoms. The van der Waals surface area contributed by atoms with Crippen LogP contribution in [0, 0.1) is 17.7 Å². The third kappa shape index (κ3) is 3.70. The average Bonchev–Trinajstić information content (AvgIpc) is 2.32. The van der Waals surface area contributed by atoms with Crippen molar-refractivity contribution in [3.63, 3.8) is 0 Å². The molecule has 0 saturated carbocycles. The topological polar surface area (TPSA) is 50.9 Å². The van der Waals surface area contributed by atoms with Crippen molar-refractivity contribution in [2.45, 2.75) is 33.6 Å². The number of hydrogen-bond donors (Lipinski definition) is 2. The highest BCUT2D eigenvalue weighted by atomic mass is 15.2. The Morgan fingerprint density at radius 1 is 1.06 bits per heavy atom. The van der Waals surface area contributed by atoms with E-state index < -0.39 is 0 Å². The molecule has 0 atom stereocenters. The molecule has 0 bridgehead atoms. The summed E-state index contributed by atoms with van der Waals surface area (Å²) in [7, 11) is 0. The van der Waals surface area contributed by atoms with E-state index >= 15 is 0 Å². The van der Waals surface area contributed by atoms with Gasteiger partial charge in [0.05, 0.1) is 0 Å². The van der Waals surface area contributed by atoms with Gasteiger partial charge in [-0.2, -0.15) is 0 Å². The Bertz CT molecular complexity index is 392. The zero-order valence-corrected chi connectivity index (χ0v) is 10.9. The molecule has 92 valence electrons. The second-order valence-corrected chi connectivity index (χ2v) is 4.15. The fourth-order valence-electron chi connectivity index (χ4n) is 1.73. The molecule has 0 aliphatic carbocycles. The minimum absolute atomic E-state index is 0.503. The van der Waals surface area contributed by atoms with Crippen LogP contribution in [-0.2, 0) is 6.42 Å². The molecule has 0 aromatic heterocycles. The van der Waals surface area contributed by atoms with Gasteiger partial charge in [-0.25, -0.2) is 0 Å². The van der Waals surface area contributed by atoms with Crippen LogP contribution < -0.4 is 0 Å². The number of rotatable bonds is 4. The first kappa shape index (κ1) is 13.4. The number of nitrogens with one attached hydrogen (secondary N) is 2. The third-order valence-electron chi connectivity index (χ3n) is 2.79. The Balaban J connectivity index is 2.70. The van der Waals surface area contributed by atoms with Crippen molar-refractivity contribution in [1.82, 2.24) is 4.90 Å². The first-order valence-electron chi connectivity index (χ1n) is 6.06. The van der Waals surface area contributed by atoms with E-state index in [9.17, 15) is 0 Å². The largest absolute Gasteiger partial charge is 0.319 e. The molecule has 0 radical (unpaired) electrons. The van der Waals surface area contributed by atoms with E-state index in [-0.39, 0.29) is 0 Å². The van der Waals surface area contributed by atoms with E-state index in [0.717, 1.165) is 5.56 Å². The van der Waals surface area contributed by atoms with Gasteiger partial charge in [-0.05, 0) is 19.4 Å². The van der Waals surface area contributed by atoms with E-state index in [1.807, 2.05) is 26.0 Å². The molecule has 0 aliphatic heterocycles. The van der Waals surface area contributed by atoms with Gasteiger partial charge in [0.25, 0.3) is 0 Å². The monoisotopic (exact) mass is 231 g/mol. The molecule has 1 rings (SSSR count). The lowest BCUT2D eigenvalue weighted by molar-refractivity contribution is 0.608.